The molecule has 0 aromatic heterocycles. The van der Waals surface area contributed by atoms with Crippen LogP contribution in [0.1, 0.15) is 0 Å². The van der Waals surface area contributed by atoms with Crippen LogP contribution in [0.3, 0.4) is 0 Å². The fourth-order valence-corrected chi connectivity index (χ4v) is 2.59. The molecule has 0 spiro atoms. The van der Waals surface area contributed by atoms with E-state index in [0.717, 1.165) is 0 Å². The summed E-state index contributed by atoms with van der Waals surface area (Å²) in [5.74, 6) is 0.894. The molecule has 0 unspecified atom stereocenters. The number of ether oxygens (including phenoxy) is 4. The lowest BCUT2D eigenvalue weighted by atomic mass is 10.3. The number of carbonyl (C=O) groups excluding carboxylic acids is 1. The lowest BCUT2D eigenvalue weighted by Crippen LogP contribution is -2.18. The molecule has 0 atom stereocenters. The highest BCUT2D eigenvalue weighted by molar-refractivity contribution is 9.10. The Morgan fingerprint density at radius 3 is 2.30 bits per heavy atom. The number of para-hydroxylation sites is 1. The van der Waals surface area contributed by atoms with Gasteiger partial charge in [-0.2, -0.15) is 0 Å². The molecule has 0 aliphatic heterocycles. The number of esters is 1. The molecule has 0 N–H and O–H groups in total. The third-order valence-corrected chi connectivity index (χ3v) is 3.69. The Morgan fingerprint density at radius 1 is 1.09 bits per heavy atom. The Hall–Kier alpha value is -1.92. The van der Waals surface area contributed by atoms with E-state index in [1.807, 2.05) is 0 Å². The van der Waals surface area contributed by atoms with Crippen molar-refractivity contribution >= 4 is 33.5 Å². The van der Waals surface area contributed by atoms with E-state index in [9.17, 15) is 4.79 Å². The zero-order valence-corrected chi connectivity index (χ0v) is 14.8. The van der Waals surface area contributed by atoms with Crippen LogP contribution in [-0.2, 0) is 4.79 Å². The maximum Gasteiger partial charge on any atom is 0.349 e. The van der Waals surface area contributed by atoms with Crippen molar-refractivity contribution in [2.45, 2.75) is 0 Å². The summed E-state index contributed by atoms with van der Waals surface area (Å²) in [6, 6.07) is 10.1. The van der Waals surface area contributed by atoms with E-state index in [1.54, 1.807) is 36.4 Å². The maximum absolute atomic E-state index is 12.0. The first-order valence-corrected chi connectivity index (χ1v) is 7.71. The summed E-state index contributed by atoms with van der Waals surface area (Å²) >= 11 is 9.16. The van der Waals surface area contributed by atoms with Gasteiger partial charge in [-0.05, 0) is 46.3 Å². The molecule has 2 aromatic carbocycles. The summed E-state index contributed by atoms with van der Waals surface area (Å²) < 4.78 is 21.7. The van der Waals surface area contributed by atoms with E-state index in [-0.39, 0.29) is 12.4 Å². The molecule has 0 heterocycles. The normalized spacial score (nSPS) is 10.1. The lowest BCUT2D eigenvalue weighted by Gasteiger charge is -2.13. The van der Waals surface area contributed by atoms with Crippen molar-refractivity contribution in [3.8, 4) is 23.0 Å². The van der Waals surface area contributed by atoms with Gasteiger partial charge in [0.2, 0.25) is 5.75 Å². The van der Waals surface area contributed by atoms with Crippen LogP contribution >= 0.6 is 27.5 Å². The van der Waals surface area contributed by atoms with E-state index >= 15 is 0 Å². The van der Waals surface area contributed by atoms with Crippen LogP contribution < -0.4 is 18.9 Å². The average Bonchev–Trinajstić information content (AvgIpc) is 2.54. The Labute approximate surface area is 147 Å². The van der Waals surface area contributed by atoms with Crippen LogP contribution in [0.4, 0.5) is 0 Å². The van der Waals surface area contributed by atoms with Gasteiger partial charge in [0.25, 0.3) is 0 Å². The molecular weight excluding hydrogens is 388 g/mol. The molecule has 0 aliphatic carbocycles. The predicted octanol–water partition coefficient (Wildman–Crippen LogP) is 4.10. The molecule has 0 bridgehead atoms. The molecule has 2 aromatic rings. The van der Waals surface area contributed by atoms with Gasteiger partial charge in [-0.3, -0.25) is 0 Å². The Morgan fingerprint density at radius 2 is 1.74 bits per heavy atom. The summed E-state index contributed by atoms with van der Waals surface area (Å²) in [7, 11) is 2.96. The third kappa shape index (κ3) is 4.53. The minimum atomic E-state index is -0.588. The summed E-state index contributed by atoms with van der Waals surface area (Å²) in [6.45, 7) is -0.276. The fourth-order valence-electron chi connectivity index (χ4n) is 1.79. The van der Waals surface area contributed by atoms with Crippen LogP contribution in [0, 0.1) is 0 Å². The molecular formula is C16H14BrClO5. The Bertz CT molecular complexity index is 683. The van der Waals surface area contributed by atoms with Crippen LogP contribution in [0.2, 0.25) is 5.02 Å². The van der Waals surface area contributed by atoms with Gasteiger partial charge in [0, 0.05) is 5.02 Å². The SMILES string of the molecule is COc1cccc(OC)c1OC(=O)COc1ccc(Cl)cc1Br. The highest BCUT2D eigenvalue weighted by atomic mass is 79.9. The van der Waals surface area contributed by atoms with Gasteiger partial charge in [0.15, 0.2) is 18.1 Å². The predicted molar refractivity (Wildman–Crippen MR) is 89.8 cm³/mol. The molecule has 0 amide bonds. The van der Waals surface area contributed by atoms with Crippen molar-refractivity contribution in [1.82, 2.24) is 0 Å². The zero-order chi connectivity index (χ0) is 16.8. The molecule has 0 radical (unpaired) electrons. The highest BCUT2D eigenvalue weighted by Gasteiger charge is 2.16. The fraction of sp³-hybridized carbons (Fsp3) is 0.188. The zero-order valence-electron chi connectivity index (χ0n) is 12.5. The quantitative estimate of drug-likeness (QED) is 0.539. The number of rotatable bonds is 6. The Balaban J connectivity index is 2.05. The van der Waals surface area contributed by atoms with Gasteiger partial charge in [-0.1, -0.05) is 17.7 Å². The number of halogens is 2. The van der Waals surface area contributed by atoms with Gasteiger partial charge < -0.3 is 18.9 Å². The minimum absolute atomic E-state index is 0.210. The number of carbonyl (C=O) groups is 1. The summed E-state index contributed by atoms with van der Waals surface area (Å²) in [5.41, 5.74) is 0. The van der Waals surface area contributed by atoms with Gasteiger partial charge in [0.1, 0.15) is 5.75 Å². The van der Waals surface area contributed by atoms with E-state index in [2.05, 4.69) is 15.9 Å². The first kappa shape index (κ1) is 17.4. The van der Waals surface area contributed by atoms with Crippen molar-refractivity contribution in [3.63, 3.8) is 0 Å². The topological polar surface area (TPSA) is 54.0 Å². The first-order chi connectivity index (χ1) is 11.0. The molecule has 0 saturated carbocycles. The number of hydrogen-bond donors (Lipinski definition) is 0. The van der Waals surface area contributed by atoms with Crippen LogP contribution in [-0.4, -0.2) is 26.8 Å². The van der Waals surface area contributed by atoms with E-state index in [4.69, 9.17) is 30.5 Å². The lowest BCUT2D eigenvalue weighted by molar-refractivity contribution is -0.136. The molecule has 5 nitrogen and oxygen atoms in total. The van der Waals surface area contributed by atoms with Crippen molar-refractivity contribution in [1.29, 1.82) is 0 Å². The largest absolute Gasteiger partial charge is 0.493 e. The molecule has 23 heavy (non-hydrogen) atoms. The number of benzene rings is 2. The van der Waals surface area contributed by atoms with E-state index in [1.165, 1.54) is 14.2 Å². The standard InChI is InChI=1S/C16H14BrClO5/c1-20-13-4-3-5-14(21-2)16(13)23-15(19)9-22-12-7-6-10(18)8-11(12)17/h3-8H,9H2,1-2H3. The maximum atomic E-state index is 12.0. The van der Waals surface area contributed by atoms with Crippen molar-refractivity contribution < 1.29 is 23.7 Å². The summed E-state index contributed by atoms with van der Waals surface area (Å²) in [6.07, 6.45) is 0. The van der Waals surface area contributed by atoms with E-state index in [0.29, 0.717) is 26.7 Å². The third-order valence-electron chi connectivity index (χ3n) is 2.84. The summed E-state index contributed by atoms with van der Waals surface area (Å²) in [5, 5.41) is 0.561. The highest BCUT2D eigenvalue weighted by Crippen LogP contribution is 2.37. The second-order valence-corrected chi connectivity index (χ2v) is 5.62. The van der Waals surface area contributed by atoms with Crippen molar-refractivity contribution in [2.24, 2.45) is 0 Å². The number of methoxy groups -OCH3 is 2. The van der Waals surface area contributed by atoms with Gasteiger partial charge >= 0.3 is 5.97 Å². The molecule has 7 heteroatoms. The smallest absolute Gasteiger partial charge is 0.349 e. The first-order valence-electron chi connectivity index (χ1n) is 6.54. The van der Waals surface area contributed by atoms with Crippen molar-refractivity contribution in [2.75, 3.05) is 20.8 Å². The summed E-state index contributed by atoms with van der Waals surface area (Å²) in [4.78, 5) is 12.0. The van der Waals surface area contributed by atoms with E-state index < -0.39 is 5.97 Å². The molecule has 2 rings (SSSR count). The van der Waals surface area contributed by atoms with Crippen LogP contribution in [0.25, 0.3) is 0 Å². The second-order valence-electron chi connectivity index (χ2n) is 4.33. The van der Waals surface area contributed by atoms with Gasteiger partial charge in [0.05, 0.1) is 18.7 Å². The molecule has 122 valence electrons. The van der Waals surface area contributed by atoms with Crippen molar-refractivity contribution in [3.05, 3.63) is 45.9 Å². The number of hydrogen-bond acceptors (Lipinski definition) is 5. The van der Waals surface area contributed by atoms with Gasteiger partial charge in [-0.15, -0.1) is 0 Å². The minimum Gasteiger partial charge on any atom is -0.493 e. The molecule has 0 aliphatic rings. The average molecular weight is 402 g/mol. The molecule has 0 saturated heterocycles. The monoisotopic (exact) mass is 400 g/mol. The Kier molecular flexibility index (Phi) is 6.12. The van der Waals surface area contributed by atoms with Crippen LogP contribution in [0.5, 0.6) is 23.0 Å². The second kappa shape index (κ2) is 8.08. The van der Waals surface area contributed by atoms with Crippen LogP contribution in [0.15, 0.2) is 40.9 Å². The van der Waals surface area contributed by atoms with Gasteiger partial charge in [-0.25, -0.2) is 4.79 Å². The molecule has 0 fully saturated rings.